The number of benzene rings is 1. The van der Waals surface area contributed by atoms with Crippen LogP contribution in [0.5, 0.6) is 0 Å². The van der Waals surface area contributed by atoms with Crippen LogP contribution in [0.3, 0.4) is 0 Å². The maximum Gasteiger partial charge on any atom is 0.210 e. The summed E-state index contributed by atoms with van der Waals surface area (Å²) in [6.07, 6.45) is 1.68. The van der Waals surface area contributed by atoms with E-state index in [9.17, 15) is 0 Å². The first-order chi connectivity index (χ1) is 8.19. The molecule has 2 aromatic rings. The number of H-pyrrole nitrogens is 1. The molecule has 0 saturated heterocycles. The Hall–Kier alpha value is -1.73. The Morgan fingerprint density at radius 3 is 2.53 bits per heavy atom. The fourth-order valence-electron chi connectivity index (χ4n) is 1.51. The van der Waals surface area contributed by atoms with Crippen LogP contribution in [-0.4, -0.2) is 15.2 Å². The molecular weight excluding hydrogens is 230 g/mol. The Balaban J connectivity index is 2.20. The molecule has 0 fully saturated rings. The van der Waals surface area contributed by atoms with Gasteiger partial charge in [-0.05, 0) is 17.7 Å². The fraction of sp³-hybridized carbons (Fsp3) is 0.231. The normalized spacial score (nSPS) is 10.5. The SMILES string of the molecule is CC(C)Sc1ccc(-c2cnc(C#N)[nH]2)cc1. The van der Waals surface area contributed by atoms with Gasteiger partial charge in [0.15, 0.2) is 0 Å². The number of nitrogens with one attached hydrogen (secondary N) is 1. The van der Waals surface area contributed by atoms with Crippen LogP contribution in [0.4, 0.5) is 0 Å². The molecular formula is C13H13N3S. The first-order valence-electron chi connectivity index (χ1n) is 5.41. The van der Waals surface area contributed by atoms with Gasteiger partial charge in [-0.25, -0.2) is 4.98 Å². The van der Waals surface area contributed by atoms with Gasteiger partial charge in [-0.2, -0.15) is 5.26 Å². The molecule has 0 bridgehead atoms. The van der Waals surface area contributed by atoms with E-state index >= 15 is 0 Å². The van der Waals surface area contributed by atoms with E-state index in [2.05, 4.69) is 35.9 Å². The van der Waals surface area contributed by atoms with Crippen LogP contribution in [0, 0.1) is 11.3 Å². The summed E-state index contributed by atoms with van der Waals surface area (Å²) in [5.74, 6) is 0.348. The van der Waals surface area contributed by atoms with Crippen molar-refractivity contribution in [1.82, 2.24) is 9.97 Å². The van der Waals surface area contributed by atoms with E-state index in [1.807, 2.05) is 30.0 Å². The van der Waals surface area contributed by atoms with Gasteiger partial charge in [0.1, 0.15) is 6.07 Å². The standard InChI is InChI=1S/C13H13N3S/c1-9(2)17-11-5-3-10(4-6-11)12-8-15-13(7-14)16-12/h3-6,8-9H,1-2H3,(H,15,16). The Morgan fingerprint density at radius 2 is 2.00 bits per heavy atom. The summed E-state index contributed by atoms with van der Waals surface area (Å²) < 4.78 is 0. The average Bonchev–Trinajstić information content (AvgIpc) is 2.78. The number of nitriles is 1. The molecule has 0 radical (unpaired) electrons. The number of aromatic amines is 1. The van der Waals surface area contributed by atoms with Crippen molar-refractivity contribution < 1.29 is 0 Å². The number of imidazole rings is 1. The van der Waals surface area contributed by atoms with Gasteiger partial charge in [0.2, 0.25) is 5.82 Å². The minimum absolute atomic E-state index is 0.348. The molecule has 3 nitrogen and oxygen atoms in total. The predicted molar refractivity (Wildman–Crippen MR) is 69.7 cm³/mol. The summed E-state index contributed by atoms with van der Waals surface area (Å²) >= 11 is 1.83. The Kier molecular flexibility index (Phi) is 3.50. The van der Waals surface area contributed by atoms with Gasteiger partial charge in [0.05, 0.1) is 11.9 Å². The molecule has 0 amide bonds. The highest BCUT2D eigenvalue weighted by Crippen LogP contribution is 2.25. The minimum Gasteiger partial charge on any atom is -0.329 e. The van der Waals surface area contributed by atoms with Gasteiger partial charge < -0.3 is 4.98 Å². The van der Waals surface area contributed by atoms with E-state index in [1.54, 1.807) is 6.20 Å². The summed E-state index contributed by atoms with van der Waals surface area (Å²) in [5, 5.41) is 9.28. The molecule has 0 unspecified atom stereocenters. The summed E-state index contributed by atoms with van der Waals surface area (Å²) in [5.41, 5.74) is 1.93. The third-order valence-electron chi connectivity index (χ3n) is 2.22. The molecule has 1 N–H and O–H groups in total. The fourth-order valence-corrected chi connectivity index (χ4v) is 2.35. The molecule has 1 aromatic heterocycles. The van der Waals surface area contributed by atoms with E-state index in [-0.39, 0.29) is 0 Å². The summed E-state index contributed by atoms with van der Waals surface area (Å²) in [7, 11) is 0. The zero-order valence-electron chi connectivity index (χ0n) is 9.77. The smallest absolute Gasteiger partial charge is 0.210 e. The van der Waals surface area contributed by atoms with Crippen LogP contribution in [0.1, 0.15) is 19.7 Å². The zero-order valence-corrected chi connectivity index (χ0v) is 10.6. The second kappa shape index (κ2) is 5.07. The van der Waals surface area contributed by atoms with Crippen molar-refractivity contribution in [2.24, 2.45) is 0 Å². The maximum absolute atomic E-state index is 8.69. The number of nitrogens with zero attached hydrogens (tertiary/aromatic N) is 2. The van der Waals surface area contributed by atoms with E-state index in [1.165, 1.54) is 4.90 Å². The number of thioether (sulfide) groups is 1. The number of aromatic nitrogens is 2. The third kappa shape index (κ3) is 2.89. The van der Waals surface area contributed by atoms with Gasteiger partial charge >= 0.3 is 0 Å². The van der Waals surface area contributed by atoms with Crippen molar-refractivity contribution in [3.63, 3.8) is 0 Å². The summed E-state index contributed by atoms with van der Waals surface area (Å²) in [6.45, 7) is 4.35. The van der Waals surface area contributed by atoms with Crippen molar-refractivity contribution in [3.05, 3.63) is 36.3 Å². The number of hydrogen-bond donors (Lipinski definition) is 1. The largest absolute Gasteiger partial charge is 0.329 e. The third-order valence-corrected chi connectivity index (χ3v) is 3.23. The van der Waals surface area contributed by atoms with Gasteiger partial charge in [-0.1, -0.05) is 26.0 Å². The van der Waals surface area contributed by atoms with Gasteiger partial charge in [-0.3, -0.25) is 0 Å². The van der Waals surface area contributed by atoms with E-state index in [0.29, 0.717) is 11.1 Å². The molecule has 1 heterocycles. The molecule has 0 aliphatic carbocycles. The topological polar surface area (TPSA) is 52.5 Å². The lowest BCUT2D eigenvalue weighted by atomic mass is 10.2. The van der Waals surface area contributed by atoms with Gasteiger partial charge in [-0.15, -0.1) is 11.8 Å². The van der Waals surface area contributed by atoms with Crippen molar-refractivity contribution >= 4 is 11.8 Å². The summed E-state index contributed by atoms with van der Waals surface area (Å²) in [4.78, 5) is 8.17. The Morgan fingerprint density at radius 1 is 1.29 bits per heavy atom. The van der Waals surface area contributed by atoms with Crippen LogP contribution in [-0.2, 0) is 0 Å². The van der Waals surface area contributed by atoms with Gasteiger partial charge in [0, 0.05) is 10.1 Å². The van der Waals surface area contributed by atoms with Gasteiger partial charge in [0.25, 0.3) is 0 Å². The monoisotopic (exact) mass is 243 g/mol. The second-order valence-corrected chi connectivity index (χ2v) is 5.60. The van der Waals surface area contributed by atoms with Crippen LogP contribution in [0.15, 0.2) is 35.4 Å². The lowest BCUT2D eigenvalue weighted by Crippen LogP contribution is -1.85. The summed E-state index contributed by atoms with van der Waals surface area (Å²) in [6, 6.07) is 10.2. The molecule has 0 aliphatic heterocycles. The van der Waals surface area contributed by atoms with Crippen LogP contribution < -0.4 is 0 Å². The number of rotatable bonds is 3. The number of hydrogen-bond acceptors (Lipinski definition) is 3. The van der Waals surface area contributed by atoms with E-state index in [0.717, 1.165) is 11.3 Å². The molecule has 0 saturated carbocycles. The molecule has 0 spiro atoms. The lowest BCUT2D eigenvalue weighted by Gasteiger charge is -2.05. The second-order valence-electron chi connectivity index (χ2n) is 3.95. The maximum atomic E-state index is 8.69. The lowest BCUT2D eigenvalue weighted by molar-refractivity contribution is 1.11. The quantitative estimate of drug-likeness (QED) is 0.840. The molecule has 2 rings (SSSR count). The van der Waals surface area contributed by atoms with E-state index in [4.69, 9.17) is 5.26 Å². The molecule has 0 atom stereocenters. The molecule has 86 valence electrons. The van der Waals surface area contributed by atoms with E-state index < -0.39 is 0 Å². The Labute approximate surface area is 105 Å². The first-order valence-corrected chi connectivity index (χ1v) is 6.29. The van der Waals surface area contributed by atoms with Crippen molar-refractivity contribution in [3.8, 4) is 17.3 Å². The zero-order chi connectivity index (χ0) is 12.3. The van der Waals surface area contributed by atoms with Crippen LogP contribution >= 0.6 is 11.8 Å². The average molecular weight is 243 g/mol. The Bertz CT molecular complexity index is 535. The highest BCUT2D eigenvalue weighted by atomic mass is 32.2. The van der Waals surface area contributed by atoms with Crippen LogP contribution in [0.2, 0.25) is 0 Å². The first kappa shape index (κ1) is 11.7. The highest BCUT2D eigenvalue weighted by molar-refractivity contribution is 7.99. The molecule has 1 aromatic carbocycles. The van der Waals surface area contributed by atoms with Crippen molar-refractivity contribution in [2.45, 2.75) is 24.0 Å². The molecule has 4 heteroatoms. The molecule has 0 aliphatic rings. The van der Waals surface area contributed by atoms with Crippen molar-refractivity contribution in [1.29, 1.82) is 5.26 Å². The minimum atomic E-state index is 0.348. The highest BCUT2D eigenvalue weighted by Gasteiger charge is 2.03. The van der Waals surface area contributed by atoms with Crippen LogP contribution in [0.25, 0.3) is 11.3 Å². The molecule has 17 heavy (non-hydrogen) atoms. The van der Waals surface area contributed by atoms with Crippen molar-refractivity contribution in [2.75, 3.05) is 0 Å². The predicted octanol–water partition coefficient (Wildman–Crippen LogP) is 3.45.